The van der Waals surface area contributed by atoms with Gasteiger partial charge in [-0.15, -0.1) is 0 Å². The molecular formula is C14H20ClNO2. The number of hydrogen-bond acceptors (Lipinski definition) is 3. The van der Waals surface area contributed by atoms with Crippen LogP contribution in [0.4, 0.5) is 0 Å². The fourth-order valence-electron chi connectivity index (χ4n) is 2.23. The third-order valence-corrected chi connectivity index (χ3v) is 3.97. The maximum absolute atomic E-state index is 9.58. The lowest BCUT2D eigenvalue weighted by Gasteiger charge is -2.36. The van der Waals surface area contributed by atoms with E-state index in [0.29, 0.717) is 19.8 Å². The van der Waals surface area contributed by atoms with Crippen LogP contribution in [0.3, 0.4) is 0 Å². The molecule has 1 fully saturated rings. The highest BCUT2D eigenvalue weighted by Crippen LogP contribution is 2.23. The minimum absolute atomic E-state index is 0.139. The Morgan fingerprint density at radius 3 is 2.72 bits per heavy atom. The second kappa shape index (κ2) is 6.02. The van der Waals surface area contributed by atoms with Crippen LogP contribution >= 0.6 is 11.6 Å². The van der Waals surface area contributed by atoms with E-state index in [0.717, 1.165) is 29.0 Å². The summed E-state index contributed by atoms with van der Waals surface area (Å²) in [4.78, 5) is 0. The van der Waals surface area contributed by atoms with Gasteiger partial charge in [-0.1, -0.05) is 23.7 Å². The number of aryl methyl sites for hydroxylation is 1. The van der Waals surface area contributed by atoms with Crippen LogP contribution < -0.4 is 5.32 Å². The Balaban J connectivity index is 2.01. The van der Waals surface area contributed by atoms with Crippen LogP contribution in [0.5, 0.6) is 0 Å². The Labute approximate surface area is 113 Å². The van der Waals surface area contributed by atoms with Crippen molar-refractivity contribution >= 4 is 11.6 Å². The number of aliphatic hydroxyl groups excluding tert-OH is 1. The zero-order valence-corrected chi connectivity index (χ0v) is 11.5. The van der Waals surface area contributed by atoms with Crippen molar-refractivity contribution in [2.45, 2.75) is 31.8 Å². The van der Waals surface area contributed by atoms with Crippen LogP contribution in [-0.4, -0.2) is 30.5 Å². The van der Waals surface area contributed by atoms with E-state index in [1.54, 1.807) is 0 Å². The molecule has 2 N–H and O–H groups in total. The Hall–Kier alpha value is -0.610. The van der Waals surface area contributed by atoms with E-state index in [1.165, 1.54) is 0 Å². The molecule has 100 valence electrons. The first-order chi connectivity index (χ1) is 8.65. The van der Waals surface area contributed by atoms with Crippen molar-refractivity contribution in [3.05, 3.63) is 34.3 Å². The molecule has 1 aromatic rings. The Bertz CT molecular complexity index is 403. The quantitative estimate of drug-likeness (QED) is 0.881. The first-order valence-electron chi connectivity index (χ1n) is 6.34. The summed E-state index contributed by atoms with van der Waals surface area (Å²) < 4.78 is 5.34. The largest absolute Gasteiger partial charge is 0.394 e. The monoisotopic (exact) mass is 269 g/mol. The maximum atomic E-state index is 9.58. The Morgan fingerprint density at radius 1 is 1.39 bits per heavy atom. The zero-order chi connectivity index (χ0) is 13.0. The normalized spacial score (nSPS) is 18.8. The summed E-state index contributed by atoms with van der Waals surface area (Å²) in [6, 6.07) is 6.06. The molecule has 1 aromatic carbocycles. The molecule has 0 spiro atoms. The molecule has 1 aliphatic heterocycles. The van der Waals surface area contributed by atoms with Gasteiger partial charge in [0.1, 0.15) is 0 Å². The lowest BCUT2D eigenvalue weighted by molar-refractivity contribution is 0.0112. The van der Waals surface area contributed by atoms with E-state index in [-0.39, 0.29) is 12.1 Å². The van der Waals surface area contributed by atoms with Gasteiger partial charge in [0.2, 0.25) is 0 Å². The fraction of sp³-hybridized carbons (Fsp3) is 0.571. The molecule has 0 saturated carbocycles. The Kier molecular flexibility index (Phi) is 4.62. The summed E-state index contributed by atoms with van der Waals surface area (Å²) in [5, 5.41) is 13.8. The summed E-state index contributed by atoms with van der Waals surface area (Å²) in [5.74, 6) is 0. The molecule has 0 unspecified atom stereocenters. The number of rotatable bonds is 4. The van der Waals surface area contributed by atoms with Crippen molar-refractivity contribution in [1.29, 1.82) is 0 Å². The summed E-state index contributed by atoms with van der Waals surface area (Å²) in [6.45, 7) is 4.25. The molecule has 0 aliphatic carbocycles. The smallest absolute Gasteiger partial charge is 0.0615 e. The van der Waals surface area contributed by atoms with Crippen molar-refractivity contribution in [1.82, 2.24) is 5.32 Å². The predicted octanol–water partition coefficient (Wildman–Crippen LogP) is 2.28. The molecule has 18 heavy (non-hydrogen) atoms. The van der Waals surface area contributed by atoms with Gasteiger partial charge < -0.3 is 15.2 Å². The van der Waals surface area contributed by atoms with E-state index in [2.05, 4.69) is 11.4 Å². The average molecular weight is 270 g/mol. The highest BCUT2D eigenvalue weighted by atomic mass is 35.5. The van der Waals surface area contributed by atoms with Crippen LogP contribution in [0.25, 0.3) is 0 Å². The van der Waals surface area contributed by atoms with Gasteiger partial charge in [-0.3, -0.25) is 0 Å². The molecule has 1 aliphatic rings. The molecule has 0 atom stereocenters. The van der Waals surface area contributed by atoms with Crippen molar-refractivity contribution in [2.75, 3.05) is 19.8 Å². The summed E-state index contributed by atoms with van der Waals surface area (Å²) in [6.07, 6.45) is 1.68. The van der Waals surface area contributed by atoms with E-state index < -0.39 is 0 Å². The van der Waals surface area contributed by atoms with Crippen molar-refractivity contribution in [3.63, 3.8) is 0 Å². The Morgan fingerprint density at radius 2 is 2.11 bits per heavy atom. The van der Waals surface area contributed by atoms with E-state index in [4.69, 9.17) is 16.3 Å². The van der Waals surface area contributed by atoms with Crippen LogP contribution in [0.1, 0.15) is 24.0 Å². The van der Waals surface area contributed by atoms with Crippen molar-refractivity contribution in [2.24, 2.45) is 0 Å². The first-order valence-corrected chi connectivity index (χ1v) is 6.72. The second-order valence-corrected chi connectivity index (χ2v) is 5.41. The molecule has 0 bridgehead atoms. The molecule has 0 aromatic heterocycles. The van der Waals surface area contributed by atoms with Crippen molar-refractivity contribution < 1.29 is 9.84 Å². The zero-order valence-electron chi connectivity index (χ0n) is 10.7. The van der Waals surface area contributed by atoms with E-state index in [1.807, 2.05) is 19.1 Å². The third-order valence-electron chi connectivity index (χ3n) is 3.61. The van der Waals surface area contributed by atoms with Gasteiger partial charge in [-0.25, -0.2) is 0 Å². The van der Waals surface area contributed by atoms with Crippen LogP contribution in [0, 0.1) is 6.92 Å². The minimum atomic E-state index is -0.216. The van der Waals surface area contributed by atoms with Gasteiger partial charge >= 0.3 is 0 Å². The summed E-state index contributed by atoms with van der Waals surface area (Å²) in [7, 11) is 0. The minimum Gasteiger partial charge on any atom is -0.394 e. The number of halogens is 1. The molecule has 0 amide bonds. The van der Waals surface area contributed by atoms with Gasteiger partial charge in [-0.05, 0) is 37.0 Å². The van der Waals surface area contributed by atoms with E-state index in [9.17, 15) is 5.11 Å². The second-order valence-electron chi connectivity index (χ2n) is 5.00. The summed E-state index contributed by atoms with van der Waals surface area (Å²) in [5.41, 5.74) is 2.01. The van der Waals surface area contributed by atoms with Gasteiger partial charge in [0.15, 0.2) is 0 Å². The topological polar surface area (TPSA) is 41.5 Å². The number of hydrogen-bond donors (Lipinski definition) is 2. The fourth-order valence-corrected chi connectivity index (χ4v) is 2.53. The van der Waals surface area contributed by atoms with Gasteiger partial charge in [0, 0.05) is 30.3 Å². The molecule has 2 rings (SSSR count). The van der Waals surface area contributed by atoms with Crippen molar-refractivity contribution in [3.8, 4) is 0 Å². The average Bonchev–Trinajstić information content (AvgIpc) is 2.39. The molecule has 3 nitrogen and oxygen atoms in total. The van der Waals surface area contributed by atoms with Gasteiger partial charge in [0.05, 0.1) is 6.61 Å². The first kappa shape index (κ1) is 13.8. The third kappa shape index (κ3) is 3.23. The lowest BCUT2D eigenvalue weighted by atomic mass is 9.90. The molecule has 0 radical (unpaired) electrons. The summed E-state index contributed by atoms with van der Waals surface area (Å²) >= 11 is 6.21. The van der Waals surface area contributed by atoms with Crippen LogP contribution in [-0.2, 0) is 11.3 Å². The van der Waals surface area contributed by atoms with E-state index >= 15 is 0 Å². The number of benzene rings is 1. The maximum Gasteiger partial charge on any atom is 0.0615 e. The highest BCUT2D eigenvalue weighted by Gasteiger charge is 2.31. The lowest BCUT2D eigenvalue weighted by Crippen LogP contribution is -2.51. The van der Waals surface area contributed by atoms with Crippen LogP contribution in [0.15, 0.2) is 18.2 Å². The molecule has 1 saturated heterocycles. The number of nitrogens with one attached hydrogen (secondary N) is 1. The van der Waals surface area contributed by atoms with Crippen LogP contribution in [0.2, 0.25) is 5.02 Å². The molecule has 4 heteroatoms. The molecule has 1 heterocycles. The predicted molar refractivity (Wildman–Crippen MR) is 72.9 cm³/mol. The standard InChI is InChI=1S/C14H20ClNO2/c1-11-2-3-12(13(15)8-11)9-16-14(10-17)4-6-18-7-5-14/h2-3,8,16-17H,4-7,9-10H2,1H3. The van der Waals surface area contributed by atoms with Gasteiger partial charge in [0.25, 0.3) is 0 Å². The highest BCUT2D eigenvalue weighted by molar-refractivity contribution is 6.31. The number of aliphatic hydroxyl groups is 1. The molecular weight excluding hydrogens is 250 g/mol. The van der Waals surface area contributed by atoms with Gasteiger partial charge in [-0.2, -0.15) is 0 Å². The SMILES string of the molecule is Cc1ccc(CNC2(CO)CCOCC2)c(Cl)c1. The number of ether oxygens (including phenoxy) is 1.